The number of hydrogen-bond donors (Lipinski definition) is 1. The fourth-order valence-electron chi connectivity index (χ4n) is 5.15. The molecule has 6 nitrogen and oxygen atoms in total. The molecule has 1 aromatic carbocycles. The van der Waals surface area contributed by atoms with Crippen molar-refractivity contribution >= 4 is 23.2 Å². The monoisotopic (exact) mass is 477 g/mol. The second-order valence-electron chi connectivity index (χ2n) is 10.0. The molecule has 1 aliphatic heterocycles. The number of aromatic nitrogens is 3. The smallest absolute Gasteiger partial charge is 0.155 e. The van der Waals surface area contributed by atoms with Crippen LogP contribution in [-0.4, -0.2) is 46.0 Å². The van der Waals surface area contributed by atoms with E-state index in [-0.39, 0.29) is 6.04 Å². The molecule has 0 bridgehead atoms. The maximum atomic E-state index is 10.2. The molecule has 0 saturated carbocycles. The van der Waals surface area contributed by atoms with Crippen molar-refractivity contribution in [3.8, 4) is 0 Å². The van der Waals surface area contributed by atoms with Crippen LogP contribution in [0.1, 0.15) is 55.1 Å². The summed E-state index contributed by atoms with van der Waals surface area (Å²) in [5, 5.41) is 20.5. The largest absolute Gasteiger partial charge is 0.386 e. The Hall–Kier alpha value is -2.70. The van der Waals surface area contributed by atoms with E-state index in [1.165, 1.54) is 11.1 Å². The molecule has 1 unspecified atom stereocenters. The van der Waals surface area contributed by atoms with Gasteiger partial charge >= 0.3 is 0 Å². The summed E-state index contributed by atoms with van der Waals surface area (Å²) in [6.07, 6.45) is 5.77. The first-order chi connectivity index (χ1) is 16.3. The lowest BCUT2D eigenvalue weighted by atomic mass is 10.0. The predicted molar refractivity (Wildman–Crippen MR) is 137 cm³/mol. The van der Waals surface area contributed by atoms with Gasteiger partial charge in [-0.2, -0.15) is 5.10 Å². The Morgan fingerprint density at radius 1 is 1.06 bits per heavy atom. The van der Waals surface area contributed by atoms with Gasteiger partial charge < -0.3 is 14.9 Å². The average molecular weight is 478 g/mol. The predicted octanol–water partition coefficient (Wildman–Crippen LogP) is 4.55. The summed E-state index contributed by atoms with van der Waals surface area (Å²) in [6, 6.07) is 12.3. The van der Waals surface area contributed by atoms with Crippen LogP contribution in [0.15, 0.2) is 42.6 Å². The van der Waals surface area contributed by atoms with E-state index in [1.807, 2.05) is 30.3 Å². The SMILES string of the molecule is CC1CN(c2ccc(C(C)(C)O)cn2)CCN1c1nnc(Cc2ccccc2Cl)c2c1CCC2. The number of anilines is 2. The zero-order chi connectivity index (χ0) is 23.9. The minimum Gasteiger partial charge on any atom is -0.386 e. The van der Waals surface area contributed by atoms with E-state index in [0.29, 0.717) is 0 Å². The van der Waals surface area contributed by atoms with Gasteiger partial charge in [-0.25, -0.2) is 4.98 Å². The summed E-state index contributed by atoms with van der Waals surface area (Å²) in [4.78, 5) is 9.36. The van der Waals surface area contributed by atoms with Crippen molar-refractivity contribution < 1.29 is 5.11 Å². The quantitative estimate of drug-likeness (QED) is 0.581. The van der Waals surface area contributed by atoms with Crippen LogP contribution < -0.4 is 9.80 Å². The highest BCUT2D eigenvalue weighted by Crippen LogP contribution is 2.34. The molecule has 0 spiro atoms. The molecule has 1 saturated heterocycles. The minimum atomic E-state index is -0.880. The second kappa shape index (κ2) is 9.16. The third-order valence-electron chi connectivity index (χ3n) is 7.10. The third kappa shape index (κ3) is 4.49. The van der Waals surface area contributed by atoms with Gasteiger partial charge in [0.15, 0.2) is 5.82 Å². The molecule has 5 rings (SSSR count). The summed E-state index contributed by atoms with van der Waals surface area (Å²) < 4.78 is 0. The molecule has 178 valence electrons. The number of pyridine rings is 1. The van der Waals surface area contributed by atoms with Crippen LogP contribution in [0.3, 0.4) is 0 Å². The Kier molecular flexibility index (Phi) is 6.21. The van der Waals surface area contributed by atoms with Gasteiger partial charge in [0.2, 0.25) is 0 Å². The zero-order valence-electron chi connectivity index (χ0n) is 20.1. The Bertz CT molecular complexity index is 1170. The highest BCUT2D eigenvalue weighted by Gasteiger charge is 2.31. The first-order valence-corrected chi connectivity index (χ1v) is 12.5. The highest BCUT2D eigenvalue weighted by atomic mass is 35.5. The minimum absolute atomic E-state index is 0.290. The van der Waals surface area contributed by atoms with Crippen molar-refractivity contribution in [1.82, 2.24) is 15.2 Å². The topological polar surface area (TPSA) is 65.4 Å². The van der Waals surface area contributed by atoms with Crippen molar-refractivity contribution in [3.05, 3.63) is 75.6 Å². The van der Waals surface area contributed by atoms with Crippen LogP contribution in [0.5, 0.6) is 0 Å². The molecular weight excluding hydrogens is 446 g/mol. The number of rotatable bonds is 5. The standard InChI is InChI=1S/C27H32ClN5O/c1-18-17-32(25-12-11-20(16-29-25)27(2,3)34)13-14-33(18)26-22-9-6-8-21(22)24(30-31-26)15-19-7-4-5-10-23(19)28/h4-5,7,10-12,16,18,34H,6,8-9,13-15,17H2,1-3H3. The molecule has 0 radical (unpaired) electrons. The number of benzene rings is 1. The first-order valence-electron chi connectivity index (χ1n) is 12.1. The van der Waals surface area contributed by atoms with E-state index in [4.69, 9.17) is 21.8 Å². The molecule has 7 heteroatoms. The fraction of sp³-hybridized carbons (Fsp3) is 0.444. The maximum absolute atomic E-state index is 10.2. The van der Waals surface area contributed by atoms with Crippen molar-refractivity contribution in [3.63, 3.8) is 0 Å². The first kappa shape index (κ1) is 23.1. The molecule has 34 heavy (non-hydrogen) atoms. The van der Waals surface area contributed by atoms with Crippen molar-refractivity contribution in [2.75, 3.05) is 29.4 Å². The summed E-state index contributed by atoms with van der Waals surface area (Å²) in [6.45, 7) is 8.43. The van der Waals surface area contributed by atoms with Gasteiger partial charge in [-0.3, -0.25) is 0 Å². The molecule has 1 aliphatic carbocycles. The number of nitrogens with zero attached hydrogens (tertiary/aromatic N) is 5. The lowest BCUT2D eigenvalue weighted by molar-refractivity contribution is 0.0782. The molecule has 1 N–H and O–H groups in total. The summed E-state index contributed by atoms with van der Waals surface area (Å²) in [5.74, 6) is 2.00. The molecule has 1 atom stereocenters. The molecule has 2 aromatic heterocycles. The van der Waals surface area contributed by atoms with E-state index in [1.54, 1.807) is 20.0 Å². The number of piperazine rings is 1. The molecule has 0 amide bonds. The molecule has 3 heterocycles. The van der Waals surface area contributed by atoms with Crippen molar-refractivity contribution in [2.45, 2.75) is 58.1 Å². The Morgan fingerprint density at radius 2 is 1.85 bits per heavy atom. The van der Waals surface area contributed by atoms with Crippen LogP contribution >= 0.6 is 11.6 Å². The average Bonchev–Trinajstić information content (AvgIpc) is 3.31. The van der Waals surface area contributed by atoms with E-state index in [9.17, 15) is 5.11 Å². The van der Waals surface area contributed by atoms with Crippen LogP contribution in [0.25, 0.3) is 0 Å². The maximum Gasteiger partial charge on any atom is 0.155 e. The highest BCUT2D eigenvalue weighted by molar-refractivity contribution is 6.31. The number of aliphatic hydroxyl groups is 1. The van der Waals surface area contributed by atoms with Crippen LogP contribution in [0.2, 0.25) is 5.02 Å². The molecule has 3 aromatic rings. The summed E-state index contributed by atoms with van der Waals surface area (Å²) in [7, 11) is 0. The number of fused-ring (bicyclic) bond motifs is 1. The normalized spacial score (nSPS) is 18.3. The van der Waals surface area contributed by atoms with Gasteiger partial charge in [-0.1, -0.05) is 35.9 Å². The zero-order valence-corrected chi connectivity index (χ0v) is 20.9. The van der Waals surface area contributed by atoms with Crippen molar-refractivity contribution in [2.24, 2.45) is 0 Å². The van der Waals surface area contributed by atoms with E-state index in [2.05, 4.69) is 27.8 Å². The van der Waals surface area contributed by atoms with E-state index >= 15 is 0 Å². The second-order valence-corrected chi connectivity index (χ2v) is 10.4. The van der Waals surface area contributed by atoms with Crippen molar-refractivity contribution in [1.29, 1.82) is 0 Å². The molecule has 2 aliphatic rings. The lowest BCUT2D eigenvalue weighted by Crippen LogP contribution is -2.53. The van der Waals surface area contributed by atoms with Crippen LogP contribution in [0.4, 0.5) is 11.6 Å². The number of halogens is 1. The number of hydrogen-bond acceptors (Lipinski definition) is 6. The van der Waals surface area contributed by atoms with Gasteiger partial charge in [0.1, 0.15) is 5.82 Å². The van der Waals surface area contributed by atoms with Gasteiger partial charge in [0, 0.05) is 54.4 Å². The fourth-order valence-corrected chi connectivity index (χ4v) is 5.35. The van der Waals surface area contributed by atoms with E-state index < -0.39 is 5.60 Å². The van der Waals surface area contributed by atoms with Crippen LogP contribution in [0, 0.1) is 0 Å². The van der Waals surface area contributed by atoms with Gasteiger partial charge in [-0.15, -0.1) is 5.10 Å². The van der Waals surface area contributed by atoms with Gasteiger partial charge in [-0.05, 0) is 63.3 Å². The molecular formula is C27H32ClN5O. The lowest BCUT2D eigenvalue weighted by Gasteiger charge is -2.41. The van der Waals surface area contributed by atoms with Gasteiger partial charge in [0.05, 0.1) is 11.3 Å². The third-order valence-corrected chi connectivity index (χ3v) is 7.46. The van der Waals surface area contributed by atoms with Gasteiger partial charge in [0.25, 0.3) is 0 Å². The van der Waals surface area contributed by atoms with Crippen LogP contribution in [-0.2, 0) is 24.9 Å². The molecule has 1 fully saturated rings. The summed E-state index contributed by atoms with van der Waals surface area (Å²) in [5.41, 5.74) is 4.84. The Balaban J connectivity index is 1.34. The summed E-state index contributed by atoms with van der Waals surface area (Å²) >= 11 is 6.41. The Morgan fingerprint density at radius 3 is 2.56 bits per heavy atom. The Labute approximate surface area is 206 Å². The van der Waals surface area contributed by atoms with E-state index in [0.717, 1.165) is 78.8 Å².